The summed E-state index contributed by atoms with van der Waals surface area (Å²) in [4.78, 5) is 0. The summed E-state index contributed by atoms with van der Waals surface area (Å²) in [6.45, 7) is 7.12. The fourth-order valence-electron chi connectivity index (χ4n) is 2.22. The molecule has 0 saturated heterocycles. The number of hydrogen-bond acceptors (Lipinski definition) is 3. The van der Waals surface area contributed by atoms with Gasteiger partial charge in [0.25, 0.3) is 0 Å². The van der Waals surface area contributed by atoms with Crippen molar-refractivity contribution >= 4 is 15.9 Å². The molecule has 0 fully saturated rings. The highest BCUT2D eigenvalue weighted by Crippen LogP contribution is 2.27. The zero-order chi connectivity index (χ0) is 14.0. The fourth-order valence-corrected chi connectivity index (χ4v) is 2.45. The van der Waals surface area contributed by atoms with Gasteiger partial charge in [0.15, 0.2) is 0 Å². The second kappa shape index (κ2) is 5.84. The molecule has 1 unspecified atom stereocenters. The summed E-state index contributed by atoms with van der Waals surface area (Å²) in [6, 6.07) is 4.04. The van der Waals surface area contributed by atoms with E-state index in [-0.39, 0.29) is 6.04 Å². The van der Waals surface area contributed by atoms with Gasteiger partial charge in [-0.05, 0) is 37.0 Å². The van der Waals surface area contributed by atoms with E-state index in [4.69, 9.17) is 5.73 Å². The van der Waals surface area contributed by atoms with Crippen molar-refractivity contribution in [2.75, 3.05) is 0 Å². The molecule has 1 heterocycles. The molecule has 0 spiro atoms. The molecule has 5 heteroatoms. The maximum absolute atomic E-state index is 6.36. The van der Waals surface area contributed by atoms with E-state index in [2.05, 4.69) is 59.1 Å². The van der Waals surface area contributed by atoms with Crippen LogP contribution in [0.4, 0.5) is 0 Å². The number of rotatable bonds is 4. The summed E-state index contributed by atoms with van der Waals surface area (Å²) in [5.74, 6) is 0. The molecular weight excluding hydrogens is 304 g/mol. The minimum atomic E-state index is -0.188. The van der Waals surface area contributed by atoms with Crippen molar-refractivity contribution in [3.05, 3.63) is 45.2 Å². The predicted octanol–water partition coefficient (Wildman–Crippen LogP) is 3.12. The molecule has 1 aromatic carbocycles. The van der Waals surface area contributed by atoms with E-state index in [1.165, 1.54) is 11.1 Å². The minimum absolute atomic E-state index is 0.188. The molecule has 0 aliphatic rings. The van der Waals surface area contributed by atoms with Crippen molar-refractivity contribution in [1.29, 1.82) is 0 Å². The lowest BCUT2D eigenvalue weighted by atomic mass is 10.00. The molecule has 1 atom stereocenters. The monoisotopic (exact) mass is 322 g/mol. The number of benzene rings is 1. The first-order valence-corrected chi connectivity index (χ1v) is 7.24. The third-order valence-corrected chi connectivity index (χ3v) is 4.47. The van der Waals surface area contributed by atoms with Crippen molar-refractivity contribution in [3.8, 4) is 0 Å². The van der Waals surface area contributed by atoms with E-state index < -0.39 is 0 Å². The van der Waals surface area contributed by atoms with Crippen molar-refractivity contribution in [3.63, 3.8) is 0 Å². The lowest BCUT2D eigenvalue weighted by Gasteiger charge is -2.16. The average Bonchev–Trinajstić information content (AvgIpc) is 2.83. The summed E-state index contributed by atoms with van der Waals surface area (Å²) in [5, 5.41) is 8.07. The second-order valence-corrected chi connectivity index (χ2v) is 5.62. The van der Waals surface area contributed by atoms with Crippen molar-refractivity contribution in [1.82, 2.24) is 15.0 Å². The lowest BCUT2D eigenvalue weighted by molar-refractivity contribution is 0.543. The maximum Gasteiger partial charge on any atom is 0.0799 e. The number of aryl methyl sites for hydroxylation is 3. The van der Waals surface area contributed by atoms with Crippen LogP contribution in [0.1, 0.15) is 41.8 Å². The first-order valence-electron chi connectivity index (χ1n) is 6.45. The Morgan fingerprint density at radius 3 is 2.53 bits per heavy atom. The topological polar surface area (TPSA) is 56.7 Å². The van der Waals surface area contributed by atoms with E-state index >= 15 is 0 Å². The normalized spacial score (nSPS) is 12.7. The molecule has 102 valence electrons. The fraction of sp³-hybridized carbons (Fsp3) is 0.429. The van der Waals surface area contributed by atoms with Gasteiger partial charge in [-0.2, -0.15) is 0 Å². The SMILES string of the molecule is CCCn1nncc1C(N)c1cc(C)c(Br)c(C)c1. The molecule has 0 aliphatic carbocycles. The molecule has 0 radical (unpaired) electrons. The highest BCUT2D eigenvalue weighted by molar-refractivity contribution is 9.10. The quantitative estimate of drug-likeness (QED) is 0.940. The van der Waals surface area contributed by atoms with Crippen molar-refractivity contribution < 1.29 is 0 Å². The summed E-state index contributed by atoms with van der Waals surface area (Å²) in [7, 11) is 0. The Bertz CT molecular complexity index is 554. The van der Waals surface area contributed by atoms with Gasteiger partial charge in [-0.15, -0.1) is 5.10 Å². The minimum Gasteiger partial charge on any atom is -0.319 e. The molecule has 19 heavy (non-hydrogen) atoms. The molecule has 0 amide bonds. The molecule has 2 rings (SSSR count). The molecular formula is C14H19BrN4. The number of aromatic nitrogens is 3. The smallest absolute Gasteiger partial charge is 0.0799 e. The van der Waals surface area contributed by atoms with Gasteiger partial charge in [0.05, 0.1) is 17.9 Å². The zero-order valence-electron chi connectivity index (χ0n) is 11.5. The summed E-state index contributed by atoms with van der Waals surface area (Å²) in [5.41, 5.74) is 10.8. The molecule has 0 saturated carbocycles. The van der Waals surface area contributed by atoms with Gasteiger partial charge in [-0.25, -0.2) is 4.68 Å². The van der Waals surface area contributed by atoms with Crippen LogP contribution in [0.2, 0.25) is 0 Å². The average molecular weight is 323 g/mol. The largest absolute Gasteiger partial charge is 0.319 e. The first-order chi connectivity index (χ1) is 9.04. The van der Waals surface area contributed by atoms with Gasteiger partial charge >= 0.3 is 0 Å². The highest BCUT2D eigenvalue weighted by atomic mass is 79.9. The summed E-state index contributed by atoms with van der Waals surface area (Å²) < 4.78 is 3.03. The molecule has 0 bridgehead atoms. The Labute approximate surface area is 122 Å². The number of halogens is 1. The van der Waals surface area contributed by atoms with Gasteiger partial charge in [0, 0.05) is 11.0 Å². The number of nitrogens with zero attached hydrogens (tertiary/aromatic N) is 3. The van der Waals surface area contributed by atoms with Crippen LogP contribution in [0.25, 0.3) is 0 Å². The van der Waals surface area contributed by atoms with Gasteiger partial charge in [0.1, 0.15) is 0 Å². The van der Waals surface area contributed by atoms with E-state index in [0.717, 1.165) is 28.7 Å². The van der Waals surface area contributed by atoms with Crippen molar-refractivity contribution in [2.45, 2.75) is 39.8 Å². The predicted molar refractivity (Wildman–Crippen MR) is 80.0 cm³/mol. The zero-order valence-corrected chi connectivity index (χ0v) is 13.1. The first kappa shape index (κ1) is 14.2. The van der Waals surface area contributed by atoms with Crippen LogP contribution in [0.3, 0.4) is 0 Å². The van der Waals surface area contributed by atoms with Gasteiger partial charge in [-0.1, -0.05) is 40.2 Å². The summed E-state index contributed by atoms with van der Waals surface area (Å²) in [6.07, 6.45) is 2.77. The van der Waals surface area contributed by atoms with Crippen LogP contribution >= 0.6 is 15.9 Å². The maximum atomic E-state index is 6.36. The Hall–Kier alpha value is -1.20. The Balaban J connectivity index is 2.38. The second-order valence-electron chi connectivity index (χ2n) is 4.83. The molecule has 0 aliphatic heterocycles. The standard InChI is InChI=1S/C14H19BrN4/c1-4-5-19-12(8-17-18-19)14(16)11-6-9(2)13(15)10(3)7-11/h6-8,14H,4-5,16H2,1-3H3. The molecule has 4 nitrogen and oxygen atoms in total. The van der Waals surface area contributed by atoms with E-state index in [1.54, 1.807) is 6.20 Å². The molecule has 2 N–H and O–H groups in total. The van der Waals surface area contributed by atoms with Crippen LogP contribution in [0.5, 0.6) is 0 Å². The Morgan fingerprint density at radius 2 is 1.95 bits per heavy atom. The van der Waals surface area contributed by atoms with Gasteiger partial charge in [0.2, 0.25) is 0 Å². The third kappa shape index (κ3) is 2.87. The van der Waals surface area contributed by atoms with Crippen molar-refractivity contribution in [2.24, 2.45) is 5.73 Å². The molecule has 1 aromatic heterocycles. The van der Waals surface area contributed by atoms with Crippen LogP contribution < -0.4 is 5.73 Å². The lowest BCUT2D eigenvalue weighted by Crippen LogP contribution is -2.18. The number of hydrogen-bond donors (Lipinski definition) is 1. The van der Waals surface area contributed by atoms with Gasteiger partial charge in [-0.3, -0.25) is 0 Å². The third-order valence-electron chi connectivity index (χ3n) is 3.22. The van der Waals surface area contributed by atoms with E-state index in [9.17, 15) is 0 Å². The van der Waals surface area contributed by atoms with E-state index in [1.807, 2.05) is 4.68 Å². The van der Waals surface area contributed by atoms with E-state index in [0.29, 0.717) is 0 Å². The Kier molecular flexibility index (Phi) is 4.37. The summed E-state index contributed by atoms with van der Waals surface area (Å²) >= 11 is 3.58. The van der Waals surface area contributed by atoms with Crippen LogP contribution in [0.15, 0.2) is 22.8 Å². The van der Waals surface area contributed by atoms with Crippen LogP contribution in [-0.2, 0) is 6.54 Å². The number of nitrogens with two attached hydrogens (primary N) is 1. The van der Waals surface area contributed by atoms with Crippen LogP contribution in [0, 0.1) is 13.8 Å². The van der Waals surface area contributed by atoms with Gasteiger partial charge < -0.3 is 5.73 Å². The molecule has 2 aromatic rings. The highest BCUT2D eigenvalue weighted by Gasteiger charge is 2.16. The van der Waals surface area contributed by atoms with Crippen LogP contribution in [-0.4, -0.2) is 15.0 Å². The Morgan fingerprint density at radius 1 is 1.32 bits per heavy atom.